The van der Waals surface area contributed by atoms with Gasteiger partial charge in [-0.15, -0.1) is 0 Å². The monoisotopic (exact) mass is 550 g/mol. The van der Waals surface area contributed by atoms with Crippen molar-refractivity contribution >= 4 is 76.4 Å². The second kappa shape index (κ2) is 8.37. The van der Waals surface area contributed by atoms with Gasteiger partial charge in [-0.1, -0.05) is 91.0 Å². The SMILES string of the molecule is c1ccc2c(c1)oc1cc(-c3c4ccccc4c(-c4c5occc5cc5oc6ccccc6c45)c4ccccc34)ccc12. The van der Waals surface area contributed by atoms with Gasteiger partial charge in [-0.05, 0) is 69.1 Å². The van der Waals surface area contributed by atoms with Gasteiger partial charge >= 0.3 is 0 Å². The van der Waals surface area contributed by atoms with Crippen LogP contribution in [0.2, 0.25) is 0 Å². The zero-order chi connectivity index (χ0) is 28.1. The molecule has 0 aliphatic carbocycles. The third-order valence-electron chi connectivity index (χ3n) is 8.93. The van der Waals surface area contributed by atoms with Crippen LogP contribution in [0.3, 0.4) is 0 Å². The van der Waals surface area contributed by atoms with Gasteiger partial charge in [-0.25, -0.2) is 0 Å². The predicted molar refractivity (Wildman–Crippen MR) is 177 cm³/mol. The quantitative estimate of drug-likeness (QED) is 0.201. The van der Waals surface area contributed by atoms with Crippen LogP contribution in [-0.4, -0.2) is 0 Å². The Morgan fingerprint density at radius 2 is 0.930 bits per heavy atom. The molecule has 0 aliphatic rings. The normalized spacial score (nSPS) is 12.2. The van der Waals surface area contributed by atoms with Crippen LogP contribution >= 0.6 is 0 Å². The summed E-state index contributed by atoms with van der Waals surface area (Å²) in [5, 5.41) is 10.1. The number of rotatable bonds is 2. The van der Waals surface area contributed by atoms with E-state index in [1.807, 2.05) is 30.3 Å². The molecule has 0 radical (unpaired) electrons. The molecule has 43 heavy (non-hydrogen) atoms. The van der Waals surface area contributed by atoms with Gasteiger partial charge in [0.05, 0.1) is 6.26 Å². The highest BCUT2D eigenvalue weighted by atomic mass is 16.3. The molecule has 0 aliphatic heterocycles. The summed E-state index contributed by atoms with van der Waals surface area (Å²) in [4.78, 5) is 0. The molecule has 200 valence electrons. The summed E-state index contributed by atoms with van der Waals surface area (Å²) in [7, 11) is 0. The predicted octanol–water partition coefficient (Wildman–Crippen LogP) is 11.9. The lowest BCUT2D eigenvalue weighted by molar-refractivity contribution is 0.617. The summed E-state index contributed by atoms with van der Waals surface area (Å²) in [5.74, 6) is 0. The Morgan fingerprint density at radius 1 is 0.372 bits per heavy atom. The second-order valence-corrected chi connectivity index (χ2v) is 11.2. The van der Waals surface area contributed by atoms with Crippen LogP contribution < -0.4 is 0 Å². The number of para-hydroxylation sites is 2. The van der Waals surface area contributed by atoms with Crippen LogP contribution in [0, 0.1) is 0 Å². The topological polar surface area (TPSA) is 39.4 Å². The van der Waals surface area contributed by atoms with Crippen molar-refractivity contribution in [3.05, 3.63) is 134 Å². The number of furan rings is 3. The van der Waals surface area contributed by atoms with Crippen LogP contribution in [0.5, 0.6) is 0 Å². The van der Waals surface area contributed by atoms with Crippen molar-refractivity contribution in [3.63, 3.8) is 0 Å². The first-order chi connectivity index (χ1) is 21.3. The summed E-state index contributed by atoms with van der Waals surface area (Å²) >= 11 is 0. The summed E-state index contributed by atoms with van der Waals surface area (Å²) in [6.45, 7) is 0. The number of hydrogen-bond donors (Lipinski definition) is 0. The Bertz CT molecular complexity index is 2680. The Labute approximate surface area is 245 Å². The maximum atomic E-state index is 6.42. The van der Waals surface area contributed by atoms with Crippen molar-refractivity contribution in [3.8, 4) is 22.3 Å². The van der Waals surface area contributed by atoms with Gasteiger partial charge in [0, 0.05) is 38.1 Å². The van der Waals surface area contributed by atoms with Crippen molar-refractivity contribution in [2.45, 2.75) is 0 Å². The Balaban J connectivity index is 1.38. The molecule has 7 aromatic carbocycles. The lowest BCUT2D eigenvalue weighted by Crippen LogP contribution is -1.92. The minimum atomic E-state index is 0.859. The minimum absolute atomic E-state index is 0.859. The van der Waals surface area contributed by atoms with E-state index in [9.17, 15) is 0 Å². The molecule has 0 saturated heterocycles. The fourth-order valence-electron chi connectivity index (χ4n) is 7.14. The number of hydrogen-bond acceptors (Lipinski definition) is 3. The molecule has 0 fully saturated rings. The Hall–Kier alpha value is -5.80. The van der Waals surface area contributed by atoms with Crippen LogP contribution in [-0.2, 0) is 0 Å². The number of fused-ring (bicyclic) bond motifs is 9. The maximum absolute atomic E-state index is 6.42. The zero-order valence-electron chi connectivity index (χ0n) is 22.9. The minimum Gasteiger partial charge on any atom is -0.464 e. The van der Waals surface area contributed by atoms with Gasteiger partial charge < -0.3 is 13.3 Å². The molecule has 0 bridgehead atoms. The number of benzene rings is 7. The smallest absolute Gasteiger partial charge is 0.142 e. The molecule has 3 aromatic heterocycles. The Morgan fingerprint density at radius 3 is 1.65 bits per heavy atom. The molecule has 0 spiro atoms. The summed E-state index contributed by atoms with van der Waals surface area (Å²) < 4.78 is 19.0. The van der Waals surface area contributed by atoms with E-state index in [2.05, 4.69) is 97.1 Å². The first-order valence-electron chi connectivity index (χ1n) is 14.5. The molecule has 10 aromatic rings. The van der Waals surface area contributed by atoms with Crippen LogP contribution in [0.25, 0.3) is 98.6 Å². The standard InChI is InChI=1S/C40H22O3/c1-3-12-29-27(10-1)36(23-17-18-26-25-9-5-7-15-32(25)42-34(26)21-23)28-11-2-4-13-30(28)37(29)39-38-31-14-6-8-16-33(31)43-35(38)22-24-19-20-41-40(24)39/h1-22H. The molecule has 0 atom stereocenters. The fourth-order valence-corrected chi connectivity index (χ4v) is 7.14. The van der Waals surface area contributed by atoms with E-state index in [-0.39, 0.29) is 0 Å². The molecule has 0 N–H and O–H groups in total. The molecule has 3 heteroatoms. The highest BCUT2D eigenvalue weighted by Gasteiger charge is 2.24. The van der Waals surface area contributed by atoms with E-state index < -0.39 is 0 Å². The molecule has 0 unspecified atom stereocenters. The highest BCUT2D eigenvalue weighted by molar-refractivity contribution is 6.29. The van der Waals surface area contributed by atoms with Gasteiger partial charge in [-0.3, -0.25) is 0 Å². The molecular formula is C40H22O3. The zero-order valence-corrected chi connectivity index (χ0v) is 22.9. The van der Waals surface area contributed by atoms with E-state index in [0.717, 1.165) is 82.3 Å². The first kappa shape index (κ1) is 22.8. The van der Waals surface area contributed by atoms with Crippen molar-refractivity contribution in [2.24, 2.45) is 0 Å². The average molecular weight is 551 g/mol. The lowest BCUT2D eigenvalue weighted by atomic mass is 9.84. The molecule has 0 amide bonds. The second-order valence-electron chi connectivity index (χ2n) is 11.2. The largest absolute Gasteiger partial charge is 0.464 e. The van der Waals surface area contributed by atoms with Crippen molar-refractivity contribution in [1.29, 1.82) is 0 Å². The molecule has 10 rings (SSSR count). The maximum Gasteiger partial charge on any atom is 0.142 e. The Kier molecular flexibility index (Phi) is 4.45. The van der Waals surface area contributed by atoms with Crippen molar-refractivity contribution in [1.82, 2.24) is 0 Å². The van der Waals surface area contributed by atoms with Crippen molar-refractivity contribution < 1.29 is 13.3 Å². The summed E-state index contributed by atoms with van der Waals surface area (Å²) in [6, 6.07) is 44.7. The van der Waals surface area contributed by atoms with Crippen molar-refractivity contribution in [2.75, 3.05) is 0 Å². The van der Waals surface area contributed by atoms with Gasteiger partial charge in [-0.2, -0.15) is 0 Å². The van der Waals surface area contributed by atoms with Gasteiger partial charge in [0.2, 0.25) is 0 Å². The third-order valence-corrected chi connectivity index (χ3v) is 8.93. The molecule has 0 saturated carbocycles. The third kappa shape index (κ3) is 3.08. The fraction of sp³-hybridized carbons (Fsp3) is 0. The van der Waals surface area contributed by atoms with Gasteiger partial charge in [0.1, 0.15) is 27.9 Å². The van der Waals surface area contributed by atoms with Gasteiger partial charge in [0.25, 0.3) is 0 Å². The molecule has 3 heterocycles. The molecule has 3 nitrogen and oxygen atoms in total. The lowest BCUT2D eigenvalue weighted by Gasteiger charge is -2.18. The average Bonchev–Trinajstić information content (AvgIpc) is 3.77. The van der Waals surface area contributed by atoms with Crippen LogP contribution in [0.15, 0.2) is 147 Å². The highest BCUT2D eigenvalue weighted by Crippen LogP contribution is 2.49. The van der Waals surface area contributed by atoms with E-state index in [1.165, 1.54) is 16.3 Å². The summed E-state index contributed by atoms with van der Waals surface area (Å²) in [5.41, 5.74) is 8.92. The first-order valence-corrected chi connectivity index (χ1v) is 14.5. The van der Waals surface area contributed by atoms with E-state index >= 15 is 0 Å². The van der Waals surface area contributed by atoms with Gasteiger partial charge in [0.15, 0.2) is 0 Å². The van der Waals surface area contributed by atoms with Crippen LogP contribution in [0.4, 0.5) is 0 Å². The van der Waals surface area contributed by atoms with Crippen LogP contribution in [0.1, 0.15) is 0 Å². The molecular weight excluding hydrogens is 528 g/mol. The van der Waals surface area contributed by atoms with E-state index in [0.29, 0.717) is 0 Å². The van der Waals surface area contributed by atoms with E-state index in [4.69, 9.17) is 13.3 Å². The summed E-state index contributed by atoms with van der Waals surface area (Å²) in [6.07, 6.45) is 1.77. The van der Waals surface area contributed by atoms with E-state index in [1.54, 1.807) is 6.26 Å².